The van der Waals surface area contributed by atoms with Crippen LogP contribution in [-0.4, -0.2) is 27.2 Å². The van der Waals surface area contributed by atoms with Crippen LogP contribution in [0.15, 0.2) is 12.3 Å². The van der Waals surface area contributed by atoms with Gasteiger partial charge < -0.3 is 16.2 Å². The van der Waals surface area contributed by atoms with Crippen molar-refractivity contribution >= 4 is 11.8 Å². The van der Waals surface area contributed by atoms with Crippen molar-refractivity contribution < 1.29 is 5.11 Å². The number of aromatic nitrogens is 2. The molecule has 1 unspecified atom stereocenters. The Kier molecular flexibility index (Phi) is 3.85. The summed E-state index contributed by atoms with van der Waals surface area (Å²) in [5, 5.41) is 12.2. The molecule has 0 aliphatic carbocycles. The van der Waals surface area contributed by atoms with Gasteiger partial charge in [0.2, 0.25) is 5.95 Å². The van der Waals surface area contributed by atoms with Gasteiger partial charge in [0.25, 0.3) is 0 Å². The van der Waals surface area contributed by atoms with E-state index in [9.17, 15) is 0 Å². The summed E-state index contributed by atoms with van der Waals surface area (Å²) >= 11 is 0. The Morgan fingerprint density at radius 1 is 1.60 bits per heavy atom. The third-order valence-electron chi connectivity index (χ3n) is 2.55. The maximum absolute atomic E-state index is 8.97. The summed E-state index contributed by atoms with van der Waals surface area (Å²) in [4.78, 5) is 7.88. The molecular weight excluding hydrogens is 192 g/mol. The first kappa shape index (κ1) is 11.7. The van der Waals surface area contributed by atoms with E-state index >= 15 is 0 Å². The first-order chi connectivity index (χ1) is 7.09. The van der Waals surface area contributed by atoms with Gasteiger partial charge in [-0.1, -0.05) is 6.92 Å². The molecule has 5 nitrogen and oxygen atoms in total. The van der Waals surface area contributed by atoms with Gasteiger partial charge in [-0.05, 0) is 25.8 Å². The molecule has 0 fully saturated rings. The second kappa shape index (κ2) is 4.93. The number of nitrogens with one attached hydrogen (secondary N) is 1. The molecule has 1 heterocycles. The summed E-state index contributed by atoms with van der Waals surface area (Å²) in [5.74, 6) is 0.947. The van der Waals surface area contributed by atoms with Crippen molar-refractivity contribution in [3.63, 3.8) is 0 Å². The van der Waals surface area contributed by atoms with Gasteiger partial charge in [0.05, 0.1) is 0 Å². The zero-order valence-corrected chi connectivity index (χ0v) is 9.20. The number of aliphatic hydroxyl groups excluding tert-OH is 1. The molecule has 0 saturated carbocycles. The largest absolute Gasteiger partial charge is 0.396 e. The number of nitrogens with two attached hydrogens (primary N) is 1. The smallest absolute Gasteiger partial charge is 0.221 e. The number of hydrogen-bond donors (Lipinski definition) is 3. The van der Waals surface area contributed by atoms with Crippen LogP contribution in [0.4, 0.5) is 11.8 Å². The van der Waals surface area contributed by atoms with Crippen LogP contribution in [-0.2, 0) is 0 Å². The number of rotatable bonds is 5. The number of hydrogen-bond acceptors (Lipinski definition) is 5. The minimum absolute atomic E-state index is 0.151. The lowest BCUT2D eigenvalue weighted by Crippen LogP contribution is -2.35. The number of anilines is 2. The fourth-order valence-electron chi connectivity index (χ4n) is 1.33. The summed E-state index contributed by atoms with van der Waals surface area (Å²) in [7, 11) is 0. The number of nitrogens with zero attached hydrogens (tertiary/aromatic N) is 2. The molecule has 1 rings (SSSR count). The molecule has 0 aliphatic heterocycles. The van der Waals surface area contributed by atoms with Crippen LogP contribution in [0.5, 0.6) is 0 Å². The average molecular weight is 210 g/mol. The van der Waals surface area contributed by atoms with E-state index in [0.717, 1.165) is 6.42 Å². The molecule has 0 bridgehead atoms. The zero-order valence-electron chi connectivity index (χ0n) is 9.20. The monoisotopic (exact) mass is 210 g/mol. The van der Waals surface area contributed by atoms with Crippen LogP contribution in [0.3, 0.4) is 0 Å². The minimum atomic E-state index is -0.157. The van der Waals surface area contributed by atoms with Crippen molar-refractivity contribution in [2.24, 2.45) is 0 Å². The Hall–Kier alpha value is -1.36. The van der Waals surface area contributed by atoms with Crippen LogP contribution < -0.4 is 11.1 Å². The number of aliphatic hydroxyl groups is 1. The zero-order chi connectivity index (χ0) is 11.3. The van der Waals surface area contributed by atoms with Gasteiger partial charge in [-0.3, -0.25) is 0 Å². The molecule has 0 spiro atoms. The van der Waals surface area contributed by atoms with Crippen molar-refractivity contribution in [3.05, 3.63) is 12.3 Å². The molecule has 0 radical (unpaired) electrons. The van der Waals surface area contributed by atoms with E-state index in [-0.39, 0.29) is 18.1 Å². The predicted octanol–water partition coefficient (Wildman–Crippen LogP) is 1.02. The van der Waals surface area contributed by atoms with Gasteiger partial charge in [0.1, 0.15) is 5.82 Å². The van der Waals surface area contributed by atoms with Crippen LogP contribution >= 0.6 is 0 Å². The summed E-state index contributed by atoms with van der Waals surface area (Å²) < 4.78 is 0. The highest BCUT2D eigenvalue weighted by Crippen LogP contribution is 2.20. The van der Waals surface area contributed by atoms with Gasteiger partial charge in [0, 0.05) is 18.3 Å². The van der Waals surface area contributed by atoms with Gasteiger partial charge in [0.15, 0.2) is 0 Å². The highest BCUT2D eigenvalue weighted by Gasteiger charge is 2.21. The summed E-state index contributed by atoms with van der Waals surface area (Å²) in [6.07, 6.45) is 3.19. The van der Waals surface area contributed by atoms with E-state index in [1.54, 1.807) is 12.3 Å². The Morgan fingerprint density at radius 3 is 2.87 bits per heavy atom. The Bertz CT molecular complexity index is 318. The molecule has 0 aliphatic rings. The summed E-state index contributed by atoms with van der Waals surface area (Å²) in [6.45, 7) is 4.26. The van der Waals surface area contributed by atoms with Gasteiger partial charge in [-0.2, -0.15) is 4.98 Å². The van der Waals surface area contributed by atoms with Gasteiger partial charge in [-0.15, -0.1) is 0 Å². The Labute approximate surface area is 89.7 Å². The molecule has 1 atom stereocenters. The highest BCUT2D eigenvalue weighted by molar-refractivity contribution is 5.39. The van der Waals surface area contributed by atoms with E-state index in [1.807, 2.05) is 6.92 Å². The molecule has 84 valence electrons. The Balaban J connectivity index is 2.74. The van der Waals surface area contributed by atoms with Crippen LogP contribution in [0, 0.1) is 0 Å². The second-order valence-electron chi connectivity index (χ2n) is 3.81. The molecule has 4 N–H and O–H groups in total. The standard InChI is InChI=1S/C10H18N4O/c1-3-10(2,5-7-15)14-8-4-6-12-9(11)13-8/h4,6,15H,3,5,7H2,1-2H3,(H3,11,12,13,14). The summed E-state index contributed by atoms with van der Waals surface area (Å²) in [5.41, 5.74) is 5.32. The van der Waals surface area contributed by atoms with Gasteiger partial charge >= 0.3 is 0 Å². The normalized spacial score (nSPS) is 14.6. The van der Waals surface area contributed by atoms with E-state index in [2.05, 4.69) is 22.2 Å². The lowest BCUT2D eigenvalue weighted by molar-refractivity contribution is 0.252. The molecule has 1 aromatic rings. The summed E-state index contributed by atoms with van der Waals surface area (Å²) in [6, 6.07) is 1.77. The molecule has 0 saturated heterocycles. The van der Waals surface area contributed by atoms with E-state index in [4.69, 9.17) is 10.8 Å². The number of nitrogen functional groups attached to an aromatic ring is 1. The highest BCUT2D eigenvalue weighted by atomic mass is 16.3. The molecule has 5 heteroatoms. The van der Waals surface area contributed by atoms with Crippen molar-refractivity contribution in [2.45, 2.75) is 32.2 Å². The fourth-order valence-corrected chi connectivity index (χ4v) is 1.33. The third kappa shape index (κ3) is 3.36. The average Bonchev–Trinajstić information content (AvgIpc) is 2.18. The van der Waals surface area contributed by atoms with E-state index in [0.29, 0.717) is 12.2 Å². The third-order valence-corrected chi connectivity index (χ3v) is 2.55. The van der Waals surface area contributed by atoms with Crippen molar-refractivity contribution in [2.75, 3.05) is 17.7 Å². The van der Waals surface area contributed by atoms with Crippen LogP contribution in [0.1, 0.15) is 26.7 Å². The topological polar surface area (TPSA) is 84.1 Å². The van der Waals surface area contributed by atoms with E-state index in [1.165, 1.54) is 0 Å². The van der Waals surface area contributed by atoms with Crippen molar-refractivity contribution in [3.8, 4) is 0 Å². The van der Waals surface area contributed by atoms with Gasteiger partial charge in [-0.25, -0.2) is 4.98 Å². The van der Waals surface area contributed by atoms with Crippen LogP contribution in [0.25, 0.3) is 0 Å². The second-order valence-corrected chi connectivity index (χ2v) is 3.81. The van der Waals surface area contributed by atoms with Crippen molar-refractivity contribution in [1.29, 1.82) is 0 Å². The molecule has 0 aromatic carbocycles. The molecule has 0 amide bonds. The lowest BCUT2D eigenvalue weighted by Gasteiger charge is -2.29. The SMILES string of the molecule is CCC(C)(CCO)Nc1ccnc(N)n1. The Morgan fingerprint density at radius 2 is 2.33 bits per heavy atom. The van der Waals surface area contributed by atoms with Crippen molar-refractivity contribution in [1.82, 2.24) is 9.97 Å². The maximum Gasteiger partial charge on any atom is 0.221 e. The quantitative estimate of drug-likeness (QED) is 0.675. The van der Waals surface area contributed by atoms with Crippen LogP contribution in [0.2, 0.25) is 0 Å². The lowest BCUT2D eigenvalue weighted by atomic mass is 9.95. The predicted molar refractivity (Wildman–Crippen MR) is 60.5 cm³/mol. The molecule has 15 heavy (non-hydrogen) atoms. The van der Waals surface area contributed by atoms with E-state index < -0.39 is 0 Å². The fraction of sp³-hybridized carbons (Fsp3) is 0.600. The molecule has 1 aromatic heterocycles. The molecular formula is C10H18N4O. The maximum atomic E-state index is 8.97. The minimum Gasteiger partial charge on any atom is -0.396 e. The first-order valence-electron chi connectivity index (χ1n) is 5.07. The first-order valence-corrected chi connectivity index (χ1v) is 5.07.